The zero-order valence-corrected chi connectivity index (χ0v) is 27.9. The number of ether oxygens (including phenoxy) is 1. The first-order valence-electron chi connectivity index (χ1n) is 16.8. The van der Waals surface area contributed by atoms with E-state index in [1.165, 1.54) is 6.07 Å². The number of carbonyl (C=O) groups is 2. The standard InChI is InChI=1S/C37H42F4N4O4/c1-4-24-19-44(20-31(24)30-10-7-27(37(39,40)41)18-33(30)43-15-12-26(13-16-43)34(46)47)35(48)36(38)22-45(28-11-14-42-23(2)17-28)21-32(36)25-5-8-29(49-3)9-6-25/h5-11,14,17-18,24,26,31-32H,4,12-13,15-16,19-22H2,1-3H3,(H,46,47)/t24-,31-,32-,36-/m0/s1. The number of hydrogen-bond donors (Lipinski definition) is 1. The molecule has 1 amide bonds. The van der Waals surface area contributed by atoms with E-state index in [0.29, 0.717) is 54.9 Å². The van der Waals surface area contributed by atoms with E-state index in [-0.39, 0.29) is 38.0 Å². The summed E-state index contributed by atoms with van der Waals surface area (Å²) in [5.41, 5.74) is 0.224. The third-order valence-corrected chi connectivity index (χ3v) is 10.7. The molecule has 3 aliphatic rings. The summed E-state index contributed by atoms with van der Waals surface area (Å²) in [6, 6.07) is 14.5. The van der Waals surface area contributed by atoms with E-state index in [9.17, 15) is 27.9 Å². The number of aliphatic carboxylic acids is 1. The lowest BCUT2D eigenvalue weighted by molar-refractivity contribution is -0.143. The molecule has 0 aliphatic carbocycles. The van der Waals surface area contributed by atoms with Gasteiger partial charge in [-0.15, -0.1) is 0 Å². The summed E-state index contributed by atoms with van der Waals surface area (Å²) >= 11 is 0. The maximum absolute atomic E-state index is 17.7. The minimum Gasteiger partial charge on any atom is -0.497 e. The molecule has 0 saturated carbocycles. The van der Waals surface area contributed by atoms with Crippen LogP contribution in [0.2, 0.25) is 0 Å². The number of halogens is 4. The zero-order valence-electron chi connectivity index (χ0n) is 27.9. The number of anilines is 2. The van der Waals surface area contributed by atoms with Crippen LogP contribution in [0, 0.1) is 18.8 Å². The fraction of sp³-hybridized carbons (Fsp3) is 0.486. The van der Waals surface area contributed by atoms with Gasteiger partial charge in [0.25, 0.3) is 5.91 Å². The largest absolute Gasteiger partial charge is 0.497 e. The molecule has 1 N–H and O–H groups in total. The molecule has 8 nitrogen and oxygen atoms in total. The molecule has 0 radical (unpaired) electrons. The molecule has 3 fully saturated rings. The SMILES string of the molecule is CC[C@H]1CN(C(=O)[C@]2(F)CN(c3ccnc(C)c3)C[C@H]2c2ccc(OC)cc2)C[C@@H]1c1ccc(C(F)(F)F)cc1N1CCC(C(=O)O)CC1. The number of piperidine rings is 1. The van der Waals surface area contributed by atoms with Crippen molar-refractivity contribution in [3.8, 4) is 5.75 Å². The Morgan fingerprint density at radius 2 is 1.71 bits per heavy atom. The summed E-state index contributed by atoms with van der Waals surface area (Å²) < 4.78 is 64.8. The van der Waals surface area contributed by atoms with Crippen LogP contribution in [0.4, 0.5) is 28.9 Å². The number of amides is 1. The van der Waals surface area contributed by atoms with Crippen LogP contribution in [-0.4, -0.2) is 78.9 Å². The fourth-order valence-corrected chi connectivity index (χ4v) is 7.90. The fourth-order valence-electron chi connectivity index (χ4n) is 7.90. The smallest absolute Gasteiger partial charge is 0.416 e. The molecule has 262 valence electrons. The van der Waals surface area contributed by atoms with Crippen molar-refractivity contribution in [2.75, 3.05) is 56.2 Å². The lowest BCUT2D eigenvalue weighted by atomic mass is 9.84. The number of carbonyl (C=O) groups excluding carboxylic acids is 1. The lowest BCUT2D eigenvalue weighted by Crippen LogP contribution is -2.50. The summed E-state index contributed by atoms with van der Waals surface area (Å²) in [5.74, 6) is -2.68. The van der Waals surface area contributed by atoms with Crippen molar-refractivity contribution < 1.29 is 37.0 Å². The highest BCUT2D eigenvalue weighted by Crippen LogP contribution is 2.47. The van der Waals surface area contributed by atoms with Crippen LogP contribution in [0.5, 0.6) is 5.75 Å². The Morgan fingerprint density at radius 3 is 2.33 bits per heavy atom. The van der Waals surface area contributed by atoms with E-state index in [2.05, 4.69) is 4.98 Å². The Balaban J connectivity index is 1.32. The van der Waals surface area contributed by atoms with Gasteiger partial charge in [-0.1, -0.05) is 31.5 Å². The van der Waals surface area contributed by atoms with Gasteiger partial charge in [0.2, 0.25) is 5.67 Å². The second-order valence-electron chi connectivity index (χ2n) is 13.6. The van der Waals surface area contributed by atoms with Gasteiger partial charge >= 0.3 is 12.1 Å². The van der Waals surface area contributed by atoms with Crippen molar-refractivity contribution in [3.63, 3.8) is 0 Å². The highest BCUT2D eigenvalue weighted by Gasteiger charge is 2.56. The van der Waals surface area contributed by atoms with Crippen molar-refractivity contribution in [1.29, 1.82) is 0 Å². The van der Waals surface area contributed by atoms with E-state index >= 15 is 4.39 Å². The van der Waals surface area contributed by atoms with Crippen LogP contribution in [0.3, 0.4) is 0 Å². The van der Waals surface area contributed by atoms with Gasteiger partial charge in [0.15, 0.2) is 0 Å². The average Bonchev–Trinajstić information content (AvgIpc) is 3.69. The summed E-state index contributed by atoms with van der Waals surface area (Å²) in [6.45, 7) is 4.98. The van der Waals surface area contributed by atoms with Gasteiger partial charge in [-0.05, 0) is 73.2 Å². The third-order valence-electron chi connectivity index (χ3n) is 10.7. The number of alkyl halides is 4. The molecule has 6 rings (SSSR count). The van der Waals surface area contributed by atoms with Crippen molar-refractivity contribution in [2.24, 2.45) is 11.8 Å². The number of rotatable bonds is 8. The van der Waals surface area contributed by atoms with E-state index < -0.39 is 41.1 Å². The molecule has 3 saturated heterocycles. The Bertz CT molecular complexity index is 1680. The third kappa shape index (κ3) is 6.78. The average molecular weight is 683 g/mol. The Hall–Kier alpha value is -4.35. The van der Waals surface area contributed by atoms with Gasteiger partial charge in [0, 0.05) is 67.8 Å². The molecular weight excluding hydrogens is 640 g/mol. The van der Waals surface area contributed by atoms with Crippen LogP contribution in [-0.2, 0) is 15.8 Å². The molecule has 4 atom stereocenters. The number of hydrogen-bond acceptors (Lipinski definition) is 6. The quantitative estimate of drug-likeness (QED) is 0.265. The molecule has 49 heavy (non-hydrogen) atoms. The molecule has 3 aromatic rings. The minimum absolute atomic E-state index is 0.112. The van der Waals surface area contributed by atoms with Crippen LogP contribution < -0.4 is 14.5 Å². The highest BCUT2D eigenvalue weighted by molar-refractivity contribution is 5.89. The first-order valence-corrected chi connectivity index (χ1v) is 16.8. The molecular formula is C37H42F4N4O4. The van der Waals surface area contributed by atoms with Gasteiger partial charge in [-0.2, -0.15) is 13.2 Å². The molecule has 2 aromatic carbocycles. The summed E-state index contributed by atoms with van der Waals surface area (Å²) in [4.78, 5) is 35.6. The van der Waals surface area contributed by atoms with Crippen LogP contribution >= 0.6 is 0 Å². The number of aryl methyl sites for hydroxylation is 1. The first kappa shape index (κ1) is 34.5. The Morgan fingerprint density at radius 1 is 1.00 bits per heavy atom. The summed E-state index contributed by atoms with van der Waals surface area (Å²) in [7, 11) is 1.55. The monoisotopic (exact) mass is 682 g/mol. The van der Waals surface area contributed by atoms with E-state index in [1.807, 2.05) is 29.7 Å². The van der Waals surface area contributed by atoms with Gasteiger partial charge in [-0.25, -0.2) is 4.39 Å². The van der Waals surface area contributed by atoms with Crippen molar-refractivity contribution >= 4 is 23.3 Å². The minimum atomic E-state index is -4.56. The van der Waals surface area contributed by atoms with Crippen molar-refractivity contribution in [3.05, 3.63) is 83.2 Å². The van der Waals surface area contributed by atoms with Gasteiger partial charge in [0.1, 0.15) is 5.75 Å². The number of benzene rings is 2. The first-order chi connectivity index (χ1) is 23.3. The maximum Gasteiger partial charge on any atom is 0.416 e. The van der Waals surface area contributed by atoms with Crippen LogP contribution in [0.1, 0.15) is 60.4 Å². The predicted octanol–water partition coefficient (Wildman–Crippen LogP) is 6.68. The number of carboxylic acid groups (broad SMARTS) is 1. The second kappa shape index (κ2) is 13.5. The van der Waals surface area contributed by atoms with Crippen molar-refractivity contribution in [2.45, 2.75) is 56.8 Å². The second-order valence-corrected chi connectivity index (χ2v) is 13.6. The number of nitrogens with zero attached hydrogens (tertiary/aromatic N) is 4. The number of pyridine rings is 1. The Kier molecular flexibility index (Phi) is 9.52. The van der Waals surface area contributed by atoms with Gasteiger partial charge in [-0.3, -0.25) is 14.6 Å². The number of methoxy groups -OCH3 is 1. The number of carboxylic acids is 1. The normalized spacial score (nSPS) is 24.8. The maximum atomic E-state index is 17.7. The molecule has 0 bridgehead atoms. The van der Waals surface area contributed by atoms with Crippen LogP contribution in [0.15, 0.2) is 60.8 Å². The Labute approximate surface area is 283 Å². The van der Waals surface area contributed by atoms with Gasteiger partial charge < -0.3 is 24.5 Å². The van der Waals surface area contributed by atoms with Crippen LogP contribution in [0.25, 0.3) is 0 Å². The molecule has 1 aromatic heterocycles. The zero-order chi connectivity index (χ0) is 35.1. The number of likely N-dealkylation sites (tertiary alicyclic amines) is 1. The van der Waals surface area contributed by atoms with E-state index in [1.54, 1.807) is 48.5 Å². The molecule has 4 heterocycles. The summed E-state index contributed by atoms with van der Waals surface area (Å²) in [6.07, 6.45) is -1.62. The number of aromatic nitrogens is 1. The topological polar surface area (TPSA) is 86.2 Å². The van der Waals surface area contributed by atoms with E-state index in [4.69, 9.17) is 4.74 Å². The van der Waals surface area contributed by atoms with E-state index in [0.717, 1.165) is 23.5 Å². The molecule has 0 unspecified atom stereocenters. The van der Waals surface area contributed by atoms with Crippen molar-refractivity contribution in [1.82, 2.24) is 9.88 Å². The predicted molar refractivity (Wildman–Crippen MR) is 178 cm³/mol. The molecule has 3 aliphatic heterocycles. The van der Waals surface area contributed by atoms with Gasteiger partial charge in [0.05, 0.1) is 25.1 Å². The highest BCUT2D eigenvalue weighted by atomic mass is 19.4. The molecule has 0 spiro atoms. The molecule has 12 heteroatoms. The summed E-state index contributed by atoms with van der Waals surface area (Å²) in [5, 5.41) is 9.49. The lowest BCUT2D eigenvalue weighted by Gasteiger charge is -2.35.